The van der Waals surface area contributed by atoms with E-state index in [1.807, 2.05) is 37.3 Å². The first-order valence-corrected chi connectivity index (χ1v) is 13.5. The van der Waals surface area contributed by atoms with E-state index in [2.05, 4.69) is 31.3 Å². The molecule has 40 heavy (non-hydrogen) atoms. The standard InChI is InChI=1S/C28H43N7O5/c1-20(31-15-14-22-17-30-19-33-22)10-9-13-24(36)34-35(27(39)40-28(2,3)4)23(16-21-11-7-6-8-12-21)26(38)32-18-25(37)29-5/h6-8,11-12,17,19-20,23,31H,9-10,13-16,18H2,1-5H3,(H,29,37)(H,30,33)(H,32,38)(H,34,36). The smallest absolute Gasteiger partial charge is 0.429 e. The number of rotatable bonds is 14. The molecule has 12 nitrogen and oxygen atoms in total. The Balaban J connectivity index is 2.07. The van der Waals surface area contributed by atoms with Crippen LogP contribution in [0.15, 0.2) is 42.9 Å². The Hall–Kier alpha value is -3.93. The Bertz CT molecular complexity index is 1070. The van der Waals surface area contributed by atoms with E-state index in [1.165, 1.54) is 7.05 Å². The highest BCUT2D eigenvalue weighted by atomic mass is 16.6. The fourth-order valence-electron chi connectivity index (χ4n) is 3.81. The molecule has 0 saturated heterocycles. The molecule has 4 amide bonds. The minimum absolute atomic E-state index is 0.0945. The normalized spacial score (nSPS) is 12.6. The summed E-state index contributed by atoms with van der Waals surface area (Å²) in [5.74, 6) is -1.42. The van der Waals surface area contributed by atoms with Gasteiger partial charge >= 0.3 is 6.09 Å². The molecule has 0 aliphatic rings. The minimum atomic E-state index is -1.16. The van der Waals surface area contributed by atoms with Gasteiger partial charge in [-0.3, -0.25) is 19.8 Å². The van der Waals surface area contributed by atoms with E-state index in [-0.39, 0.29) is 25.4 Å². The van der Waals surface area contributed by atoms with Gasteiger partial charge in [-0.15, -0.1) is 0 Å². The van der Waals surface area contributed by atoms with Gasteiger partial charge in [0.1, 0.15) is 11.6 Å². The van der Waals surface area contributed by atoms with E-state index in [0.29, 0.717) is 6.42 Å². The Kier molecular flexibility index (Phi) is 13.1. The van der Waals surface area contributed by atoms with Gasteiger partial charge < -0.3 is 25.7 Å². The zero-order valence-corrected chi connectivity index (χ0v) is 24.1. The molecule has 0 aliphatic carbocycles. The van der Waals surface area contributed by atoms with Crippen LogP contribution in [0.1, 0.15) is 58.2 Å². The second kappa shape index (κ2) is 16.2. The van der Waals surface area contributed by atoms with Crippen LogP contribution in [0.3, 0.4) is 0 Å². The number of aromatic amines is 1. The van der Waals surface area contributed by atoms with Gasteiger partial charge in [-0.1, -0.05) is 30.3 Å². The van der Waals surface area contributed by atoms with E-state index in [9.17, 15) is 19.2 Å². The molecule has 1 aromatic heterocycles. The summed E-state index contributed by atoms with van der Waals surface area (Å²) in [4.78, 5) is 58.3. The maximum Gasteiger partial charge on any atom is 0.429 e. The van der Waals surface area contributed by atoms with Crippen molar-refractivity contribution in [2.45, 2.75) is 77.5 Å². The quantitative estimate of drug-likeness (QED) is 0.222. The first-order chi connectivity index (χ1) is 19.0. The average Bonchev–Trinajstić information content (AvgIpc) is 3.42. The second-order valence-electron chi connectivity index (χ2n) is 10.6. The molecule has 2 unspecified atom stereocenters. The monoisotopic (exact) mass is 557 g/mol. The molecule has 220 valence electrons. The predicted octanol–water partition coefficient (Wildman–Crippen LogP) is 1.84. The lowest BCUT2D eigenvalue weighted by Gasteiger charge is -2.33. The SMILES string of the molecule is CNC(=O)CNC(=O)C(Cc1ccccc1)N(NC(=O)CCCC(C)NCCc1cnc[nH]1)C(=O)OC(C)(C)C. The molecular formula is C28H43N7O5. The number of amides is 4. The second-order valence-corrected chi connectivity index (χ2v) is 10.6. The van der Waals surface area contributed by atoms with Crippen molar-refractivity contribution in [3.63, 3.8) is 0 Å². The van der Waals surface area contributed by atoms with Crippen LogP contribution in [0.2, 0.25) is 0 Å². The van der Waals surface area contributed by atoms with Crippen LogP contribution >= 0.6 is 0 Å². The highest BCUT2D eigenvalue weighted by Gasteiger charge is 2.35. The van der Waals surface area contributed by atoms with Crippen LogP contribution in [-0.2, 0) is 32.0 Å². The predicted molar refractivity (Wildman–Crippen MR) is 151 cm³/mol. The van der Waals surface area contributed by atoms with Crippen molar-refractivity contribution in [1.82, 2.24) is 36.4 Å². The van der Waals surface area contributed by atoms with E-state index in [1.54, 1.807) is 33.3 Å². The minimum Gasteiger partial charge on any atom is -0.442 e. The highest BCUT2D eigenvalue weighted by Crippen LogP contribution is 2.15. The first-order valence-electron chi connectivity index (χ1n) is 13.5. The summed E-state index contributed by atoms with van der Waals surface area (Å²) in [6.07, 6.45) is 4.93. The summed E-state index contributed by atoms with van der Waals surface area (Å²) >= 11 is 0. The fraction of sp³-hybridized carbons (Fsp3) is 0.536. The van der Waals surface area contributed by atoms with Crippen molar-refractivity contribution >= 4 is 23.8 Å². The number of hydrazine groups is 1. The van der Waals surface area contributed by atoms with Gasteiger partial charge in [-0.05, 0) is 46.1 Å². The lowest BCUT2D eigenvalue weighted by molar-refractivity contribution is -0.134. The number of H-pyrrole nitrogens is 1. The maximum absolute atomic E-state index is 13.2. The van der Waals surface area contributed by atoms with Gasteiger partial charge in [0, 0.05) is 50.8 Å². The van der Waals surface area contributed by atoms with Crippen molar-refractivity contribution in [3.05, 3.63) is 54.1 Å². The molecule has 2 atom stereocenters. The number of nitrogens with zero attached hydrogens (tertiary/aromatic N) is 2. The molecular weight excluding hydrogens is 514 g/mol. The molecule has 0 spiro atoms. The Labute approximate surface area is 236 Å². The molecule has 12 heteroatoms. The number of nitrogens with one attached hydrogen (secondary N) is 5. The van der Waals surface area contributed by atoms with Gasteiger partial charge in [0.05, 0.1) is 12.9 Å². The van der Waals surface area contributed by atoms with Crippen molar-refractivity contribution in [2.24, 2.45) is 0 Å². The highest BCUT2D eigenvalue weighted by molar-refractivity contribution is 5.90. The molecule has 0 saturated carbocycles. The van der Waals surface area contributed by atoms with Crippen LogP contribution in [0.5, 0.6) is 0 Å². The number of benzene rings is 1. The largest absolute Gasteiger partial charge is 0.442 e. The zero-order valence-electron chi connectivity index (χ0n) is 24.1. The van der Waals surface area contributed by atoms with E-state index >= 15 is 0 Å². The lowest BCUT2D eigenvalue weighted by Crippen LogP contribution is -2.59. The van der Waals surface area contributed by atoms with Crippen molar-refractivity contribution in [3.8, 4) is 0 Å². The third kappa shape index (κ3) is 12.3. The van der Waals surface area contributed by atoms with Crippen molar-refractivity contribution in [2.75, 3.05) is 20.1 Å². The summed E-state index contributed by atoms with van der Waals surface area (Å²) in [5, 5.41) is 9.34. The molecule has 0 radical (unpaired) electrons. The Morgan fingerprint density at radius 1 is 1.10 bits per heavy atom. The summed E-state index contributed by atoms with van der Waals surface area (Å²) in [6, 6.07) is 8.12. The average molecular weight is 558 g/mol. The van der Waals surface area contributed by atoms with Crippen molar-refractivity contribution in [1.29, 1.82) is 0 Å². The topological polar surface area (TPSA) is 158 Å². The van der Waals surface area contributed by atoms with Crippen LogP contribution in [0, 0.1) is 0 Å². The van der Waals surface area contributed by atoms with Gasteiger partial charge in [-0.2, -0.15) is 0 Å². The Morgan fingerprint density at radius 2 is 1.82 bits per heavy atom. The Morgan fingerprint density at radius 3 is 2.45 bits per heavy atom. The van der Waals surface area contributed by atoms with E-state index in [4.69, 9.17) is 4.74 Å². The lowest BCUT2D eigenvalue weighted by atomic mass is 10.0. The third-order valence-electron chi connectivity index (χ3n) is 5.91. The maximum atomic E-state index is 13.2. The fourth-order valence-corrected chi connectivity index (χ4v) is 3.81. The number of ether oxygens (including phenoxy) is 1. The molecule has 2 aromatic rings. The number of hydrogen-bond donors (Lipinski definition) is 5. The van der Waals surface area contributed by atoms with Gasteiger partial charge in [0.2, 0.25) is 17.7 Å². The van der Waals surface area contributed by atoms with Gasteiger partial charge in [0.15, 0.2) is 0 Å². The summed E-state index contributed by atoms with van der Waals surface area (Å²) < 4.78 is 5.53. The molecule has 0 bridgehead atoms. The summed E-state index contributed by atoms with van der Waals surface area (Å²) in [6.45, 7) is 7.64. The summed E-state index contributed by atoms with van der Waals surface area (Å²) in [5.41, 5.74) is 3.55. The van der Waals surface area contributed by atoms with Crippen LogP contribution in [0.4, 0.5) is 4.79 Å². The van der Waals surface area contributed by atoms with Crippen LogP contribution in [0.25, 0.3) is 0 Å². The van der Waals surface area contributed by atoms with E-state index in [0.717, 1.165) is 35.7 Å². The number of imidazole rings is 1. The van der Waals surface area contributed by atoms with Gasteiger partial charge in [0.25, 0.3) is 0 Å². The number of carbonyl (C=O) groups excluding carboxylic acids is 4. The van der Waals surface area contributed by atoms with Crippen LogP contribution in [-0.4, -0.2) is 76.6 Å². The van der Waals surface area contributed by atoms with Crippen LogP contribution < -0.4 is 21.4 Å². The summed E-state index contributed by atoms with van der Waals surface area (Å²) in [7, 11) is 1.46. The zero-order chi connectivity index (χ0) is 29.5. The molecule has 0 aliphatic heterocycles. The first kappa shape index (κ1) is 32.3. The number of aromatic nitrogens is 2. The molecule has 0 fully saturated rings. The number of likely N-dealkylation sites (N-methyl/N-ethyl adjacent to an activating group) is 1. The number of carbonyl (C=O) groups is 4. The van der Waals surface area contributed by atoms with E-state index < -0.39 is 35.5 Å². The molecule has 5 N–H and O–H groups in total. The van der Waals surface area contributed by atoms with Gasteiger partial charge in [-0.25, -0.2) is 14.8 Å². The molecule has 1 heterocycles. The van der Waals surface area contributed by atoms with Crippen molar-refractivity contribution < 1.29 is 23.9 Å². The third-order valence-corrected chi connectivity index (χ3v) is 5.91. The number of hydrogen-bond acceptors (Lipinski definition) is 7. The molecule has 2 rings (SSSR count). The molecule has 1 aromatic carbocycles.